The molecule has 0 aromatic heterocycles. The number of nitrogen functional groups attached to an aromatic ring is 2. The minimum absolute atomic E-state index is 0.645. The Morgan fingerprint density at radius 2 is 1.87 bits per heavy atom. The molecule has 1 rings (SSSR count). The van der Waals surface area contributed by atoms with E-state index in [1.54, 1.807) is 0 Å². The zero-order chi connectivity index (χ0) is 11.1. The second kappa shape index (κ2) is 6.17. The Bertz CT molecular complexity index is 297. The van der Waals surface area contributed by atoms with Crippen LogP contribution in [0.5, 0.6) is 0 Å². The molecule has 0 atom stereocenters. The highest BCUT2D eigenvalue weighted by Gasteiger charge is 1.96. The standard InChI is InChI=1S/C12H21N3/c1-2-3-4-5-8-15-10-6-7-11(13)12(14)9-10/h6-7,9,15H,2-5,8,13-14H2,1H3. The summed E-state index contributed by atoms with van der Waals surface area (Å²) in [6.45, 7) is 3.22. The molecule has 5 N–H and O–H groups in total. The van der Waals surface area contributed by atoms with E-state index in [0.717, 1.165) is 12.2 Å². The van der Waals surface area contributed by atoms with Gasteiger partial charge in [0.05, 0.1) is 11.4 Å². The first-order valence-electron chi connectivity index (χ1n) is 5.63. The second-order valence-corrected chi connectivity index (χ2v) is 3.83. The molecule has 84 valence electrons. The van der Waals surface area contributed by atoms with Crippen molar-refractivity contribution in [2.75, 3.05) is 23.3 Å². The minimum atomic E-state index is 0.645. The van der Waals surface area contributed by atoms with Gasteiger partial charge in [-0.2, -0.15) is 0 Å². The molecule has 0 aliphatic carbocycles. The Kier molecular flexibility index (Phi) is 4.81. The van der Waals surface area contributed by atoms with E-state index in [2.05, 4.69) is 12.2 Å². The topological polar surface area (TPSA) is 64.1 Å². The molecular weight excluding hydrogens is 186 g/mol. The third-order valence-electron chi connectivity index (χ3n) is 2.45. The Morgan fingerprint density at radius 1 is 1.07 bits per heavy atom. The van der Waals surface area contributed by atoms with Crippen LogP contribution in [0.15, 0.2) is 18.2 Å². The van der Waals surface area contributed by atoms with Crippen LogP contribution in [-0.4, -0.2) is 6.54 Å². The summed E-state index contributed by atoms with van der Waals surface area (Å²) in [6, 6.07) is 5.68. The van der Waals surface area contributed by atoms with Crippen molar-refractivity contribution in [2.24, 2.45) is 0 Å². The number of hydrogen-bond donors (Lipinski definition) is 3. The predicted molar refractivity (Wildman–Crippen MR) is 67.9 cm³/mol. The molecule has 1 aromatic carbocycles. The van der Waals surface area contributed by atoms with Crippen molar-refractivity contribution in [3.63, 3.8) is 0 Å². The van der Waals surface area contributed by atoms with Gasteiger partial charge in [0.2, 0.25) is 0 Å². The van der Waals surface area contributed by atoms with Crippen molar-refractivity contribution < 1.29 is 0 Å². The zero-order valence-electron chi connectivity index (χ0n) is 9.42. The lowest BCUT2D eigenvalue weighted by Crippen LogP contribution is -2.03. The monoisotopic (exact) mass is 207 g/mol. The van der Waals surface area contributed by atoms with E-state index in [4.69, 9.17) is 11.5 Å². The fourth-order valence-electron chi connectivity index (χ4n) is 1.47. The lowest BCUT2D eigenvalue weighted by Gasteiger charge is -2.08. The largest absolute Gasteiger partial charge is 0.397 e. The first kappa shape index (κ1) is 11.7. The molecule has 1 aromatic rings. The van der Waals surface area contributed by atoms with Gasteiger partial charge in [0.25, 0.3) is 0 Å². The van der Waals surface area contributed by atoms with E-state index in [-0.39, 0.29) is 0 Å². The van der Waals surface area contributed by atoms with E-state index in [1.165, 1.54) is 25.7 Å². The number of benzene rings is 1. The summed E-state index contributed by atoms with van der Waals surface area (Å²) in [5.41, 5.74) is 13.7. The molecule has 0 saturated heterocycles. The molecule has 0 bridgehead atoms. The van der Waals surface area contributed by atoms with E-state index in [0.29, 0.717) is 11.4 Å². The van der Waals surface area contributed by atoms with Gasteiger partial charge in [-0.25, -0.2) is 0 Å². The Balaban J connectivity index is 2.28. The van der Waals surface area contributed by atoms with Gasteiger partial charge in [-0.05, 0) is 24.6 Å². The molecule has 0 saturated carbocycles. The molecule has 0 aliphatic heterocycles. The number of rotatable bonds is 6. The van der Waals surface area contributed by atoms with Crippen molar-refractivity contribution in [3.05, 3.63) is 18.2 Å². The zero-order valence-corrected chi connectivity index (χ0v) is 9.42. The minimum Gasteiger partial charge on any atom is -0.397 e. The highest BCUT2D eigenvalue weighted by atomic mass is 14.9. The van der Waals surface area contributed by atoms with Crippen LogP contribution in [0.2, 0.25) is 0 Å². The summed E-state index contributed by atoms with van der Waals surface area (Å²) in [6.07, 6.45) is 5.08. The summed E-state index contributed by atoms with van der Waals surface area (Å²) in [5.74, 6) is 0. The lowest BCUT2D eigenvalue weighted by atomic mass is 10.2. The van der Waals surface area contributed by atoms with Crippen LogP contribution < -0.4 is 16.8 Å². The van der Waals surface area contributed by atoms with E-state index >= 15 is 0 Å². The summed E-state index contributed by atoms with van der Waals surface area (Å²) in [5, 5.41) is 3.34. The molecule has 3 nitrogen and oxygen atoms in total. The molecule has 0 spiro atoms. The molecule has 0 radical (unpaired) electrons. The maximum atomic E-state index is 5.71. The number of unbranched alkanes of at least 4 members (excludes halogenated alkanes) is 3. The first-order chi connectivity index (χ1) is 7.24. The quantitative estimate of drug-likeness (QED) is 0.496. The molecule has 0 amide bonds. The fraction of sp³-hybridized carbons (Fsp3) is 0.500. The fourth-order valence-corrected chi connectivity index (χ4v) is 1.47. The maximum absolute atomic E-state index is 5.71. The van der Waals surface area contributed by atoms with Gasteiger partial charge in [-0.3, -0.25) is 0 Å². The van der Waals surface area contributed by atoms with E-state index in [9.17, 15) is 0 Å². The van der Waals surface area contributed by atoms with Gasteiger partial charge in [0, 0.05) is 12.2 Å². The molecular formula is C12H21N3. The highest BCUT2D eigenvalue weighted by molar-refractivity contribution is 5.69. The average Bonchev–Trinajstić information content (AvgIpc) is 2.23. The summed E-state index contributed by atoms with van der Waals surface area (Å²) in [7, 11) is 0. The third kappa shape index (κ3) is 4.11. The third-order valence-corrected chi connectivity index (χ3v) is 2.45. The number of nitrogens with two attached hydrogens (primary N) is 2. The van der Waals surface area contributed by atoms with Gasteiger partial charge in [0.1, 0.15) is 0 Å². The number of anilines is 3. The summed E-state index contributed by atoms with van der Waals surface area (Å²) in [4.78, 5) is 0. The van der Waals surface area contributed by atoms with Gasteiger partial charge >= 0.3 is 0 Å². The van der Waals surface area contributed by atoms with Crippen LogP contribution in [-0.2, 0) is 0 Å². The van der Waals surface area contributed by atoms with Gasteiger partial charge in [-0.1, -0.05) is 26.2 Å². The Morgan fingerprint density at radius 3 is 2.53 bits per heavy atom. The molecule has 0 heterocycles. The van der Waals surface area contributed by atoms with Crippen molar-refractivity contribution in [1.29, 1.82) is 0 Å². The van der Waals surface area contributed by atoms with Crippen LogP contribution >= 0.6 is 0 Å². The SMILES string of the molecule is CCCCCCNc1ccc(N)c(N)c1. The van der Waals surface area contributed by atoms with Crippen molar-refractivity contribution >= 4 is 17.1 Å². The summed E-state index contributed by atoms with van der Waals surface area (Å²) >= 11 is 0. The Labute approximate surface area is 91.9 Å². The van der Waals surface area contributed by atoms with Crippen LogP contribution in [0.1, 0.15) is 32.6 Å². The molecule has 0 aliphatic rings. The molecule has 15 heavy (non-hydrogen) atoms. The molecule has 3 heteroatoms. The van der Waals surface area contributed by atoms with Crippen molar-refractivity contribution in [2.45, 2.75) is 32.6 Å². The van der Waals surface area contributed by atoms with Crippen molar-refractivity contribution in [1.82, 2.24) is 0 Å². The second-order valence-electron chi connectivity index (χ2n) is 3.83. The van der Waals surface area contributed by atoms with E-state index in [1.807, 2.05) is 18.2 Å². The predicted octanol–water partition coefficient (Wildman–Crippen LogP) is 2.84. The maximum Gasteiger partial charge on any atom is 0.0568 e. The smallest absolute Gasteiger partial charge is 0.0568 e. The van der Waals surface area contributed by atoms with Gasteiger partial charge in [-0.15, -0.1) is 0 Å². The van der Waals surface area contributed by atoms with E-state index < -0.39 is 0 Å². The lowest BCUT2D eigenvalue weighted by molar-refractivity contribution is 0.685. The number of hydrogen-bond acceptors (Lipinski definition) is 3. The summed E-state index contributed by atoms with van der Waals surface area (Å²) < 4.78 is 0. The van der Waals surface area contributed by atoms with Gasteiger partial charge < -0.3 is 16.8 Å². The van der Waals surface area contributed by atoms with Crippen molar-refractivity contribution in [3.8, 4) is 0 Å². The molecule has 0 fully saturated rings. The average molecular weight is 207 g/mol. The highest BCUT2D eigenvalue weighted by Crippen LogP contribution is 2.19. The van der Waals surface area contributed by atoms with Gasteiger partial charge in [0.15, 0.2) is 0 Å². The van der Waals surface area contributed by atoms with Crippen LogP contribution in [0.4, 0.5) is 17.1 Å². The Hall–Kier alpha value is -1.38. The van der Waals surface area contributed by atoms with Crippen LogP contribution in [0.25, 0.3) is 0 Å². The molecule has 0 unspecified atom stereocenters. The first-order valence-corrected chi connectivity index (χ1v) is 5.63. The number of nitrogens with one attached hydrogen (secondary N) is 1. The van der Waals surface area contributed by atoms with Crippen LogP contribution in [0, 0.1) is 0 Å². The normalized spacial score (nSPS) is 10.2. The van der Waals surface area contributed by atoms with Crippen LogP contribution in [0.3, 0.4) is 0 Å².